The molecule has 4 heteroatoms. The highest BCUT2D eigenvalue weighted by Gasteiger charge is 2.03. The van der Waals surface area contributed by atoms with Gasteiger partial charge in [-0.15, -0.1) is 0 Å². The van der Waals surface area contributed by atoms with Crippen LogP contribution in [0.15, 0.2) is 6.20 Å². The van der Waals surface area contributed by atoms with Gasteiger partial charge in [0.05, 0.1) is 19.3 Å². The summed E-state index contributed by atoms with van der Waals surface area (Å²) in [5.41, 5.74) is 1.16. The molecule has 84 valence electrons. The fraction of sp³-hybridized carbons (Fsp3) is 0.700. The molecule has 0 aromatic carbocycles. The summed E-state index contributed by atoms with van der Waals surface area (Å²) in [6.45, 7) is 7.51. The molecule has 0 radical (unpaired) electrons. The van der Waals surface area contributed by atoms with E-state index in [4.69, 9.17) is 4.74 Å². The number of ether oxygens (including phenoxy) is 1. The predicted octanol–water partition coefficient (Wildman–Crippen LogP) is 2.15. The summed E-state index contributed by atoms with van der Waals surface area (Å²) in [6.07, 6.45) is 1.85. The van der Waals surface area contributed by atoms with E-state index < -0.39 is 0 Å². The maximum atomic E-state index is 4.97. The van der Waals surface area contributed by atoms with Crippen molar-refractivity contribution in [3.63, 3.8) is 0 Å². The highest BCUT2D eigenvalue weighted by Crippen LogP contribution is 2.11. The van der Waals surface area contributed by atoms with E-state index in [1.165, 1.54) is 0 Å². The number of nitrogens with one attached hydrogen (secondary N) is 1. The Morgan fingerprint density at radius 3 is 2.71 bits per heavy atom. The van der Waals surface area contributed by atoms with Crippen LogP contribution in [0, 0.1) is 6.92 Å². The smallest absolute Gasteiger partial charge is 0.127 e. The lowest BCUT2D eigenvalue weighted by atomic mass is 10.4. The monoisotopic (exact) mass is 201 g/mol. The van der Waals surface area contributed by atoms with E-state index >= 15 is 0 Å². The van der Waals surface area contributed by atoms with Crippen LogP contribution in [0.3, 0.4) is 0 Å². The van der Waals surface area contributed by atoms with Gasteiger partial charge < -0.3 is 10.1 Å². The molecule has 1 heterocycles. The molecule has 0 spiro atoms. The average Bonchev–Trinajstić information content (AvgIpc) is 2.59. The Balaban J connectivity index is 0. The molecule has 1 rings (SSSR count). The van der Waals surface area contributed by atoms with Gasteiger partial charge >= 0.3 is 0 Å². The number of methoxy groups -OCH3 is 1. The number of hydrogen-bond acceptors (Lipinski definition) is 3. The largest absolute Gasteiger partial charge is 0.383 e. The van der Waals surface area contributed by atoms with Gasteiger partial charge in [0.1, 0.15) is 5.82 Å². The van der Waals surface area contributed by atoms with Crippen LogP contribution in [0.1, 0.15) is 20.8 Å². The molecule has 0 saturated heterocycles. The number of anilines is 1. The second-order valence-corrected chi connectivity index (χ2v) is 2.64. The zero-order chi connectivity index (χ0) is 11.0. The van der Waals surface area contributed by atoms with Gasteiger partial charge in [0, 0.05) is 21.1 Å². The van der Waals surface area contributed by atoms with Gasteiger partial charge in [0.25, 0.3) is 0 Å². The van der Waals surface area contributed by atoms with Crippen LogP contribution in [0.4, 0.5) is 5.82 Å². The highest BCUT2D eigenvalue weighted by atomic mass is 16.5. The molecule has 0 aliphatic heterocycles. The van der Waals surface area contributed by atoms with Gasteiger partial charge in [0.2, 0.25) is 0 Å². The lowest BCUT2D eigenvalue weighted by Crippen LogP contribution is -2.09. The van der Waals surface area contributed by atoms with Crippen molar-refractivity contribution in [1.82, 2.24) is 9.78 Å². The van der Waals surface area contributed by atoms with E-state index in [2.05, 4.69) is 10.4 Å². The Kier molecular flexibility index (Phi) is 6.84. The lowest BCUT2D eigenvalue weighted by molar-refractivity contribution is 0.184. The Hall–Kier alpha value is -1.03. The van der Waals surface area contributed by atoms with E-state index in [0.29, 0.717) is 6.61 Å². The molecule has 0 aliphatic carbocycles. The van der Waals surface area contributed by atoms with Crippen LogP contribution in [-0.2, 0) is 11.3 Å². The van der Waals surface area contributed by atoms with Crippen LogP contribution in [0.25, 0.3) is 0 Å². The molecule has 1 N–H and O–H groups in total. The lowest BCUT2D eigenvalue weighted by Gasteiger charge is -2.06. The van der Waals surface area contributed by atoms with E-state index in [-0.39, 0.29) is 1.43 Å². The van der Waals surface area contributed by atoms with Gasteiger partial charge in [-0.25, -0.2) is 4.68 Å². The van der Waals surface area contributed by atoms with E-state index in [9.17, 15) is 0 Å². The van der Waals surface area contributed by atoms with Crippen molar-refractivity contribution < 1.29 is 6.16 Å². The highest BCUT2D eigenvalue weighted by molar-refractivity contribution is 5.42. The molecule has 0 bridgehead atoms. The third-order valence-corrected chi connectivity index (χ3v) is 1.77. The summed E-state index contributed by atoms with van der Waals surface area (Å²) in [5.74, 6) is 1.06. The zero-order valence-corrected chi connectivity index (χ0v) is 9.79. The molecule has 0 amide bonds. The summed E-state index contributed by atoms with van der Waals surface area (Å²) >= 11 is 0. The summed E-state index contributed by atoms with van der Waals surface area (Å²) in [6, 6.07) is 0. The van der Waals surface area contributed by atoms with Gasteiger partial charge in [0.15, 0.2) is 0 Å². The minimum Gasteiger partial charge on any atom is -0.383 e. The molecule has 14 heavy (non-hydrogen) atoms. The Morgan fingerprint density at radius 2 is 2.21 bits per heavy atom. The van der Waals surface area contributed by atoms with Gasteiger partial charge in [-0.1, -0.05) is 13.8 Å². The molecule has 4 nitrogen and oxygen atoms in total. The number of rotatable bonds is 4. The molecule has 1 aromatic rings. The zero-order valence-electron chi connectivity index (χ0n) is 9.79. The Labute approximate surface area is 87.7 Å². The number of hydrogen-bond donors (Lipinski definition) is 1. The van der Waals surface area contributed by atoms with Crippen LogP contribution < -0.4 is 5.32 Å². The molecular weight excluding hydrogens is 178 g/mol. The van der Waals surface area contributed by atoms with Crippen molar-refractivity contribution in [3.8, 4) is 0 Å². The van der Waals surface area contributed by atoms with Crippen molar-refractivity contribution in [2.24, 2.45) is 0 Å². The normalized spacial score (nSPS) is 9.21. The van der Waals surface area contributed by atoms with Crippen molar-refractivity contribution in [3.05, 3.63) is 11.8 Å². The van der Waals surface area contributed by atoms with Crippen LogP contribution in [-0.4, -0.2) is 30.5 Å². The van der Waals surface area contributed by atoms with Crippen LogP contribution in [0.5, 0.6) is 0 Å². The van der Waals surface area contributed by atoms with Gasteiger partial charge in [-0.2, -0.15) is 5.10 Å². The summed E-state index contributed by atoms with van der Waals surface area (Å²) in [5, 5.41) is 7.30. The Morgan fingerprint density at radius 1 is 1.57 bits per heavy atom. The van der Waals surface area contributed by atoms with E-state index in [1.54, 1.807) is 7.11 Å². The standard InChI is InChI=1S/C8H15N3O.C2H6.H2/c1-7-6-10-11(4-5-12-3)8(7)9-2;1-2;/h6,9H,4-5H2,1-3H3;1-2H3;1H. The summed E-state index contributed by atoms with van der Waals surface area (Å²) < 4.78 is 6.87. The van der Waals surface area contributed by atoms with Crippen molar-refractivity contribution in [2.75, 3.05) is 26.1 Å². The quantitative estimate of drug-likeness (QED) is 0.811. The second kappa shape index (κ2) is 7.38. The topological polar surface area (TPSA) is 39.1 Å². The van der Waals surface area contributed by atoms with Crippen molar-refractivity contribution in [2.45, 2.75) is 27.3 Å². The SMILES string of the molecule is CC.CNc1c(C)cnn1CCOC.[HH]. The predicted molar refractivity (Wildman–Crippen MR) is 61.8 cm³/mol. The van der Waals surface area contributed by atoms with Crippen LogP contribution in [0.2, 0.25) is 0 Å². The molecule has 0 saturated carbocycles. The Bertz CT molecular complexity index is 251. The van der Waals surface area contributed by atoms with Gasteiger partial charge in [-0.3, -0.25) is 0 Å². The fourth-order valence-electron chi connectivity index (χ4n) is 1.15. The number of nitrogens with zero attached hydrogens (tertiary/aromatic N) is 2. The summed E-state index contributed by atoms with van der Waals surface area (Å²) in [4.78, 5) is 0. The first-order valence-corrected chi connectivity index (χ1v) is 4.98. The first kappa shape index (κ1) is 13.0. The first-order chi connectivity index (χ1) is 6.79. The summed E-state index contributed by atoms with van der Waals surface area (Å²) in [7, 11) is 3.59. The second-order valence-electron chi connectivity index (χ2n) is 2.64. The van der Waals surface area contributed by atoms with Gasteiger partial charge in [-0.05, 0) is 6.92 Å². The maximum absolute atomic E-state index is 4.97. The minimum absolute atomic E-state index is 0. The number of aryl methyl sites for hydroxylation is 1. The molecule has 1 aromatic heterocycles. The van der Waals surface area contributed by atoms with Crippen molar-refractivity contribution >= 4 is 5.82 Å². The maximum Gasteiger partial charge on any atom is 0.127 e. The molecule has 0 fully saturated rings. The molecular formula is C10H23N3O. The van der Waals surface area contributed by atoms with Crippen LogP contribution >= 0.6 is 0 Å². The number of aromatic nitrogens is 2. The first-order valence-electron chi connectivity index (χ1n) is 4.98. The third kappa shape index (κ3) is 3.38. The van der Waals surface area contributed by atoms with E-state index in [1.807, 2.05) is 38.7 Å². The molecule has 0 unspecified atom stereocenters. The average molecular weight is 201 g/mol. The van der Waals surface area contributed by atoms with Crippen molar-refractivity contribution in [1.29, 1.82) is 0 Å². The molecule has 0 aliphatic rings. The van der Waals surface area contributed by atoms with E-state index in [0.717, 1.165) is 17.9 Å². The fourth-order valence-corrected chi connectivity index (χ4v) is 1.15. The molecule has 0 atom stereocenters. The minimum atomic E-state index is 0. The third-order valence-electron chi connectivity index (χ3n) is 1.77.